The van der Waals surface area contributed by atoms with Crippen LogP contribution in [0.1, 0.15) is 5.56 Å². The summed E-state index contributed by atoms with van der Waals surface area (Å²) in [6.07, 6.45) is 0. The van der Waals surface area contributed by atoms with Crippen LogP contribution in [0.15, 0.2) is 47.4 Å². The summed E-state index contributed by atoms with van der Waals surface area (Å²) in [6.45, 7) is 0.149. The number of benzene rings is 2. The van der Waals surface area contributed by atoms with Crippen LogP contribution < -0.4 is 9.64 Å². The SMILES string of the molecule is COc1ccc(S(=O)(=O)N(C)Cc2ccc(N(C)C)cc2)cc1[N+](=O)[O-]. The first kappa shape index (κ1) is 19.7. The fourth-order valence-electron chi connectivity index (χ4n) is 2.39. The third kappa shape index (κ3) is 4.12. The molecule has 0 aromatic heterocycles. The van der Waals surface area contributed by atoms with Gasteiger partial charge in [0.15, 0.2) is 5.75 Å². The lowest BCUT2D eigenvalue weighted by molar-refractivity contribution is -0.386. The Morgan fingerprint density at radius 2 is 1.69 bits per heavy atom. The van der Waals surface area contributed by atoms with Gasteiger partial charge < -0.3 is 9.64 Å². The van der Waals surface area contributed by atoms with Gasteiger partial charge in [-0.2, -0.15) is 4.31 Å². The molecule has 140 valence electrons. The van der Waals surface area contributed by atoms with Crippen LogP contribution in [0.5, 0.6) is 5.75 Å². The summed E-state index contributed by atoms with van der Waals surface area (Å²) in [6, 6.07) is 11.1. The Morgan fingerprint density at radius 3 is 2.19 bits per heavy atom. The summed E-state index contributed by atoms with van der Waals surface area (Å²) < 4.78 is 31.5. The highest BCUT2D eigenvalue weighted by molar-refractivity contribution is 7.89. The van der Waals surface area contributed by atoms with Gasteiger partial charge in [0.1, 0.15) is 0 Å². The summed E-state index contributed by atoms with van der Waals surface area (Å²) >= 11 is 0. The Morgan fingerprint density at radius 1 is 1.08 bits per heavy atom. The van der Waals surface area contributed by atoms with Crippen LogP contribution in [0.25, 0.3) is 0 Å². The lowest BCUT2D eigenvalue weighted by Gasteiger charge is -2.18. The molecule has 0 bridgehead atoms. The van der Waals surface area contributed by atoms with E-state index in [9.17, 15) is 18.5 Å². The van der Waals surface area contributed by atoms with Gasteiger partial charge in [0.05, 0.1) is 16.9 Å². The van der Waals surface area contributed by atoms with Gasteiger partial charge in [-0.05, 0) is 29.8 Å². The van der Waals surface area contributed by atoms with Crippen LogP contribution in [0.3, 0.4) is 0 Å². The predicted molar refractivity (Wildman–Crippen MR) is 99.1 cm³/mol. The van der Waals surface area contributed by atoms with Crippen molar-refractivity contribution in [3.63, 3.8) is 0 Å². The van der Waals surface area contributed by atoms with Crippen molar-refractivity contribution in [2.45, 2.75) is 11.4 Å². The number of rotatable bonds is 7. The minimum absolute atomic E-state index is 0.0101. The Bertz CT molecular complexity index is 895. The number of methoxy groups -OCH3 is 1. The van der Waals surface area contributed by atoms with E-state index < -0.39 is 20.6 Å². The molecule has 0 radical (unpaired) electrons. The monoisotopic (exact) mass is 379 g/mol. The molecule has 0 unspecified atom stereocenters. The smallest absolute Gasteiger partial charge is 0.312 e. The van der Waals surface area contributed by atoms with Crippen molar-refractivity contribution in [1.29, 1.82) is 0 Å². The normalized spacial score (nSPS) is 11.4. The summed E-state index contributed by atoms with van der Waals surface area (Å²) in [5.74, 6) is 0.0101. The van der Waals surface area contributed by atoms with Crippen LogP contribution >= 0.6 is 0 Å². The average molecular weight is 379 g/mol. The van der Waals surface area contributed by atoms with Gasteiger partial charge in [0.2, 0.25) is 10.0 Å². The molecule has 2 aromatic rings. The molecule has 0 spiro atoms. The predicted octanol–water partition coefficient (Wildman–Crippen LogP) is 2.49. The molecule has 0 N–H and O–H groups in total. The van der Waals surface area contributed by atoms with Crippen molar-refractivity contribution in [2.24, 2.45) is 0 Å². The highest BCUT2D eigenvalue weighted by Crippen LogP contribution is 2.30. The molecule has 0 fully saturated rings. The van der Waals surface area contributed by atoms with Crippen molar-refractivity contribution >= 4 is 21.4 Å². The van der Waals surface area contributed by atoms with E-state index in [0.29, 0.717) is 0 Å². The zero-order valence-corrected chi connectivity index (χ0v) is 15.9. The van der Waals surface area contributed by atoms with Crippen molar-refractivity contribution in [3.05, 3.63) is 58.1 Å². The third-order valence-electron chi connectivity index (χ3n) is 3.91. The van der Waals surface area contributed by atoms with Gasteiger partial charge >= 0.3 is 5.69 Å². The second-order valence-corrected chi connectivity index (χ2v) is 7.96. The highest BCUT2D eigenvalue weighted by atomic mass is 32.2. The molecule has 2 aromatic carbocycles. The van der Waals surface area contributed by atoms with Gasteiger partial charge in [0.25, 0.3) is 0 Å². The molecule has 0 aliphatic heterocycles. The third-order valence-corrected chi connectivity index (χ3v) is 5.71. The summed E-state index contributed by atoms with van der Waals surface area (Å²) in [7, 11) is 2.68. The van der Waals surface area contributed by atoms with Gasteiger partial charge in [-0.15, -0.1) is 0 Å². The molecule has 0 amide bonds. The molecule has 0 saturated heterocycles. The molecule has 9 heteroatoms. The number of nitrogens with zero attached hydrogens (tertiary/aromatic N) is 3. The van der Waals surface area contributed by atoms with Gasteiger partial charge in [-0.25, -0.2) is 8.42 Å². The van der Waals surface area contributed by atoms with E-state index in [1.54, 1.807) is 0 Å². The number of hydrogen-bond donors (Lipinski definition) is 0. The van der Waals surface area contributed by atoms with Gasteiger partial charge in [-0.3, -0.25) is 10.1 Å². The summed E-state index contributed by atoms with van der Waals surface area (Å²) in [5.41, 5.74) is 1.42. The minimum atomic E-state index is -3.88. The van der Waals surface area contributed by atoms with Crippen LogP contribution in [-0.2, 0) is 16.6 Å². The molecule has 0 aliphatic carbocycles. The lowest BCUT2D eigenvalue weighted by atomic mass is 10.2. The topological polar surface area (TPSA) is 93.0 Å². The van der Waals surface area contributed by atoms with Crippen LogP contribution in [0.2, 0.25) is 0 Å². The lowest BCUT2D eigenvalue weighted by Crippen LogP contribution is -2.26. The molecular formula is C17H21N3O5S. The largest absolute Gasteiger partial charge is 0.490 e. The van der Waals surface area contributed by atoms with Crippen LogP contribution in [0, 0.1) is 10.1 Å². The second kappa shape index (κ2) is 7.71. The fraction of sp³-hybridized carbons (Fsp3) is 0.294. The first-order valence-electron chi connectivity index (χ1n) is 7.72. The van der Waals surface area contributed by atoms with E-state index >= 15 is 0 Å². The van der Waals surface area contributed by atoms with E-state index in [1.165, 1.54) is 26.3 Å². The molecule has 8 nitrogen and oxygen atoms in total. The van der Waals surface area contributed by atoms with Crippen LogP contribution in [0.4, 0.5) is 11.4 Å². The maximum atomic E-state index is 12.7. The van der Waals surface area contributed by atoms with E-state index in [2.05, 4.69) is 0 Å². The Balaban J connectivity index is 2.28. The number of sulfonamides is 1. The van der Waals surface area contributed by atoms with Gasteiger partial charge in [-0.1, -0.05) is 12.1 Å². The number of ether oxygens (including phenoxy) is 1. The average Bonchev–Trinajstić information content (AvgIpc) is 2.61. The Labute approximate surface area is 152 Å². The minimum Gasteiger partial charge on any atom is -0.490 e. The zero-order valence-electron chi connectivity index (χ0n) is 15.0. The summed E-state index contributed by atoms with van der Waals surface area (Å²) in [4.78, 5) is 12.2. The van der Waals surface area contributed by atoms with E-state index in [1.807, 2.05) is 43.3 Å². The number of hydrogen-bond acceptors (Lipinski definition) is 6. The fourth-order valence-corrected chi connectivity index (χ4v) is 3.57. The van der Waals surface area contributed by atoms with Crippen molar-refractivity contribution < 1.29 is 18.1 Å². The zero-order chi connectivity index (χ0) is 19.5. The molecular weight excluding hydrogens is 358 g/mol. The maximum Gasteiger partial charge on any atom is 0.312 e. The molecule has 0 atom stereocenters. The van der Waals surface area contributed by atoms with Crippen molar-refractivity contribution in [3.8, 4) is 5.75 Å². The number of nitro benzene ring substituents is 1. The molecule has 0 aliphatic rings. The maximum absolute atomic E-state index is 12.7. The molecule has 26 heavy (non-hydrogen) atoms. The number of nitro groups is 1. The first-order chi connectivity index (χ1) is 12.2. The number of anilines is 1. The molecule has 0 heterocycles. The van der Waals surface area contributed by atoms with Crippen molar-refractivity contribution in [2.75, 3.05) is 33.2 Å². The summed E-state index contributed by atoms with van der Waals surface area (Å²) in [5, 5.41) is 11.1. The van der Waals surface area contributed by atoms with E-state index in [-0.39, 0.29) is 17.2 Å². The quantitative estimate of drug-likeness (QED) is 0.542. The van der Waals surface area contributed by atoms with E-state index in [0.717, 1.165) is 21.6 Å². The standard InChI is InChI=1S/C17H21N3O5S/c1-18(2)14-7-5-13(6-8-14)12-19(3)26(23,24)15-9-10-17(25-4)16(11-15)20(21)22/h5-11H,12H2,1-4H3. The van der Waals surface area contributed by atoms with Crippen molar-refractivity contribution in [1.82, 2.24) is 4.31 Å². The second-order valence-electron chi connectivity index (χ2n) is 5.91. The van der Waals surface area contributed by atoms with Gasteiger partial charge in [0, 0.05) is 39.4 Å². The first-order valence-corrected chi connectivity index (χ1v) is 9.16. The van der Waals surface area contributed by atoms with E-state index in [4.69, 9.17) is 4.74 Å². The van der Waals surface area contributed by atoms with Crippen LogP contribution in [-0.4, -0.2) is 45.9 Å². The molecule has 0 saturated carbocycles. The Kier molecular flexibility index (Phi) is 5.83. The molecule has 2 rings (SSSR count). The Hall–Kier alpha value is -2.65. The highest BCUT2D eigenvalue weighted by Gasteiger charge is 2.25.